The van der Waals surface area contributed by atoms with Crippen molar-refractivity contribution in [3.8, 4) is 0 Å². The van der Waals surface area contributed by atoms with Gasteiger partial charge in [-0.1, -0.05) is 194 Å². The van der Waals surface area contributed by atoms with Gasteiger partial charge in [0.25, 0.3) is 5.55 Å². The van der Waals surface area contributed by atoms with E-state index in [9.17, 15) is 0 Å². The van der Waals surface area contributed by atoms with Gasteiger partial charge >= 0.3 is 29.7 Å². The first kappa shape index (κ1) is 54.6. The van der Waals surface area contributed by atoms with Gasteiger partial charge in [-0.15, -0.1) is 33.2 Å². The summed E-state index contributed by atoms with van der Waals surface area (Å²) in [4.78, 5) is 0. The van der Waals surface area contributed by atoms with E-state index < -0.39 is 68.1 Å². The standard InChI is InChI=1S/C39H71Cl3F10Si2/c1-5-7-9-10-11-12-13-14-15-16-17-18-21-24-27-31-34(30-8-6-2)35(43,44)36(45,46)37(47,48)38(49,50)39(51,52)53(3,4)32-28-25-22-19-20-23-26-29-33-54(40,41)42/h34H,5-33H2,1-4H3. The van der Waals surface area contributed by atoms with Crippen LogP contribution in [-0.4, -0.2) is 43.3 Å². The molecule has 0 bridgehead atoms. The van der Waals surface area contributed by atoms with Crippen molar-refractivity contribution in [1.29, 1.82) is 0 Å². The summed E-state index contributed by atoms with van der Waals surface area (Å²) in [5.41, 5.74) is -5.58. The average molecular weight is 893 g/mol. The Hall–Kier alpha value is 0.604. The lowest BCUT2D eigenvalue weighted by Gasteiger charge is -2.45. The topological polar surface area (TPSA) is 0 Å². The van der Waals surface area contributed by atoms with E-state index in [1.165, 1.54) is 44.9 Å². The van der Waals surface area contributed by atoms with Crippen molar-refractivity contribution in [3.05, 3.63) is 0 Å². The highest BCUT2D eigenvalue weighted by molar-refractivity contribution is 7.64. The van der Waals surface area contributed by atoms with Crippen LogP contribution in [0.1, 0.15) is 187 Å². The third-order valence-corrected chi connectivity index (χ3v) is 17.3. The Balaban J connectivity index is 5.14. The van der Waals surface area contributed by atoms with E-state index in [4.69, 9.17) is 33.2 Å². The number of unbranched alkanes of at least 4 members (excludes halogenated alkanes) is 22. The Morgan fingerprint density at radius 1 is 0.389 bits per heavy atom. The van der Waals surface area contributed by atoms with Crippen LogP contribution < -0.4 is 0 Å². The fourth-order valence-electron chi connectivity index (χ4n) is 7.11. The van der Waals surface area contributed by atoms with Gasteiger partial charge in [0.05, 0.1) is 0 Å². The molecular weight excluding hydrogens is 821 g/mol. The Morgan fingerprint density at radius 2 is 0.704 bits per heavy atom. The third kappa shape index (κ3) is 18.3. The van der Waals surface area contributed by atoms with Gasteiger partial charge < -0.3 is 0 Å². The number of hydrogen-bond donors (Lipinski definition) is 0. The summed E-state index contributed by atoms with van der Waals surface area (Å²) in [7, 11) is -4.70. The molecule has 1 unspecified atom stereocenters. The minimum absolute atomic E-state index is 0.000224. The minimum atomic E-state index is -6.99. The Morgan fingerprint density at radius 3 is 1.07 bits per heavy atom. The number of alkyl halides is 10. The highest BCUT2D eigenvalue weighted by Gasteiger charge is 2.88. The summed E-state index contributed by atoms with van der Waals surface area (Å²) in [6.07, 6.45) is 18.8. The molecule has 0 saturated heterocycles. The van der Waals surface area contributed by atoms with Crippen molar-refractivity contribution in [2.24, 2.45) is 5.92 Å². The normalized spacial score (nSPS) is 14.6. The summed E-state index contributed by atoms with van der Waals surface area (Å²) < 4.78 is 153. The second kappa shape index (κ2) is 26.7. The van der Waals surface area contributed by atoms with Crippen LogP contribution in [0.25, 0.3) is 0 Å². The van der Waals surface area contributed by atoms with Crippen LogP contribution in [-0.2, 0) is 0 Å². The van der Waals surface area contributed by atoms with Gasteiger partial charge in [0.15, 0.2) is 0 Å². The van der Waals surface area contributed by atoms with Gasteiger partial charge in [-0.3, -0.25) is 0 Å². The van der Waals surface area contributed by atoms with Crippen molar-refractivity contribution in [3.63, 3.8) is 0 Å². The van der Waals surface area contributed by atoms with Gasteiger partial charge in [-0.25, -0.2) is 8.78 Å². The molecule has 0 radical (unpaired) electrons. The van der Waals surface area contributed by atoms with Crippen LogP contribution in [0.5, 0.6) is 0 Å². The molecular formula is C39H71Cl3F10Si2. The molecule has 0 N–H and O–H groups in total. The first-order valence-electron chi connectivity index (χ1n) is 20.9. The van der Waals surface area contributed by atoms with Gasteiger partial charge in [0, 0.05) is 5.92 Å². The molecule has 15 heteroatoms. The lowest BCUT2D eigenvalue weighted by Crippen LogP contribution is -2.73. The maximum absolute atomic E-state index is 15.4. The molecule has 0 rings (SSSR count). The largest absolute Gasteiger partial charge is 0.384 e. The van der Waals surface area contributed by atoms with Crippen LogP contribution in [0.4, 0.5) is 43.9 Å². The highest BCUT2D eigenvalue weighted by Crippen LogP contribution is 2.61. The van der Waals surface area contributed by atoms with Gasteiger partial charge in [0.2, 0.25) is 0 Å². The molecule has 0 spiro atoms. The van der Waals surface area contributed by atoms with Crippen molar-refractivity contribution < 1.29 is 43.9 Å². The molecule has 0 aliphatic rings. The summed E-state index contributed by atoms with van der Waals surface area (Å²) in [6.45, 7) is 5.23. The first-order valence-corrected chi connectivity index (χ1v) is 29.4. The van der Waals surface area contributed by atoms with Crippen molar-refractivity contribution in [2.45, 2.75) is 242 Å². The quantitative estimate of drug-likeness (QED) is 0.0254. The molecule has 0 heterocycles. The molecule has 0 aliphatic heterocycles. The zero-order chi connectivity index (χ0) is 41.6. The van der Waals surface area contributed by atoms with Gasteiger partial charge in [0.1, 0.15) is 8.07 Å². The summed E-state index contributed by atoms with van der Waals surface area (Å²) >= 11 is 17.5. The predicted octanol–water partition coefficient (Wildman–Crippen LogP) is 18.3. The Labute approximate surface area is 337 Å². The second-order valence-electron chi connectivity index (χ2n) is 16.3. The molecule has 0 saturated carbocycles. The maximum atomic E-state index is 15.4. The number of halogens is 13. The molecule has 54 heavy (non-hydrogen) atoms. The SMILES string of the molecule is CCCCCCCCCCCCCCCCCC(CCCC)C(F)(F)C(F)(F)C(F)(F)C(F)(F)C(F)(F)[Si](C)(C)CCCCCCCCCC[Si](Cl)(Cl)Cl. The van der Waals surface area contributed by atoms with Crippen molar-refractivity contribution >= 4 is 47.3 Å². The zero-order valence-electron chi connectivity index (χ0n) is 33.5. The van der Waals surface area contributed by atoms with E-state index in [2.05, 4.69) is 6.92 Å². The molecule has 326 valence electrons. The molecule has 0 aromatic heterocycles. The van der Waals surface area contributed by atoms with Crippen molar-refractivity contribution in [2.75, 3.05) is 0 Å². The van der Waals surface area contributed by atoms with Crippen LogP contribution in [0, 0.1) is 5.92 Å². The number of hydrogen-bond acceptors (Lipinski definition) is 0. The monoisotopic (exact) mass is 890 g/mol. The average Bonchev–Trinajstić information content (AvgIpc) is 3.07. The Bertz CT molecular complexity index is 950. The molecule has 0 amide bonds. The lowest BCUT2D eigenvalue weighted by atomic mass is 9.83. The first-order chi connectivity index (χ1) is 25.0. The smallest absolute Gasteiger partial charge is 0.205 e. The van der Waals surface area contributed by atoms with Crippen molar-refractivity contribution in [1.82, 2.24) is 0 Å². The van der Waals surface area contributed by atoms with E-state index in [1.54, 1.807) is 6.92 Å². The third-order valence-electron chi connectivity index (χ3n) is 11.0. The highest BCUT2D eigenvalue weighted by atomic mass is 35.8. The molecule has 0 nitrogen and oxygen atoms in total. The molecule has 1 atom stereocenters. The van der Waals surface area contributed by atoms with Gasteiger partial charge in [-0.05, 0) is 18.9 Å². The van der Waals surface area contributed by atoms with E-state index in [1.807, 2.05) is 0 Å². The number of rotatable bonds is 36. The van der Waals surface area contributed by atoms with Crippen LogP contribution in [0.2, 0.25) is 25.2 Å². The fourth-order valence-corrected chi connectivity index (χ4v) is 11.4. The van der Waals surface area contributed by atoms with E-state index in [0.29, 0.717) is 31.7 Å². The lowest BCUT2D eigenvalue weighted by molar-refractivity contribution is -0.398. The van der Waals surface area contributed by atoms with E-state index in [-0.39, 0.29) is 25.7 Å². The molecule has 0 fully saturated rings. The van der Waals surface area contributed by atoms with E-state index >= 15 is 43.9 Å². The van der Waals surface area contributed by atoms with E-state index in [0.717, 1.165) is 77.3 Å². The fraction of sp³-hybridized carbons (Fsp3) is 1.00. The zero-order valence-corrected chi connectivity index (χ0v) is 37.8. The molecule has 0 aromatic carbocycles. The molecule has 0 aliphatic carbocycles. The summed E-state index contributed by atoms with van der Waals surface area (Å²) in [5.74, 6) is -28.4. The Kier molecular flexibility index (Phi) is 26.9. The maximum Gasteiger partial charge on any atom is 0.384 e. The second-order valence-corrected chi connectivity index (χ2v) is 30.5. The summed E-state index contributed by atoms with van der Waals surface area (Å²) in [6, 6.07) is -2.69. The molecule has 0 aromatic rings. The predicted molar refractivity (Wildman–Crippen MR) is 215 cm³/mol. The minimum Gasteiger partial charge on any atom is -0.205 e. The van der Waals surface area contributed by atoms with Crippen LogP contribution in [0.15, 0.2) is 0 Å². The summed E-state index contributed by atoms with van der Waals surface area (Å²) in [5, 5.41) is 0. The van der Waals surface area contributed by atoms with Gasteiger partial charge in [-0.2, -0.15) is 35.1 Å². The van der Waals surface area contributed by atoms with Crippen LogP contribution in [0.3, 0.4) is 0 Å². The van der Waals surface area contributed by atoms with Crippen LogP contribution >= 0.6 is 33.2 Å².